The molecule has 7 nitrogen and oxygen atoms in total. The van der Waals surface area contributed by atoms with Gasteiger partial charge in [0.15, 0.2) is 0 Å². The number of hydrogen-bond donors (Lipinski definition) is 0. The van der Waals surface area contributed by atoms with Crippen molar-refractivity contribution in [3.8, 4) is 0 Å². The van der Waals surface area contributed by atoms with Crippen molar-refractivity contribution >= 4 is 27.0 Å². The van der Waals surface area contributed by atoms with Gasteiger partial charge in [-0.15, -0.1) is 0 Å². The molecule has 0 bridgehead atoms. The Morgan fingerprint density at radius 1 is 1.21 bits per heavy atom. The van der Waals surface area contributed by atoms with Crippen molar-refractivity contribution < 1.29 is 17.6 Å². The van der Waals surface area contributed by atoms with Gasteiger partial charge in [-0.05, 0) is 55.2 Å². The first-order valence-corrected chi connectivity index (χ1v) is 12.5. The highest BCUT2D eigenvalue weighted by Gasteiger charge is 2.29. The molecule has 1 aromatic heterocycles. The molecular weight excluding hydrogens is 443 g/mol. The van der Waals surface area contributed by atoms with E-state index in [-0.39, 0.29) is 22.7 Å². The zero-order valence-electron chi connectivity index (χ0n) is 19.2. The van der Waals surface area contributed by atoms with E-state index in [4.69, 9.17) is 0 Å². The van der Waals surface area contributed by atoms with Gasteiger partial charge in [-0.25, -0.2) is 22.1 Å². The predicted octanol–water partition coefficient (Wildman–Crippen LogP) is 3.13. The van der Waals surface area contributed by atoms with Crippen molar-refractivity contribution in [1.82, 2.24) is 18.8 Å². The molecule has 1 amide bonds. The predicted molar refractivity (Wildman–Crippen MR) is 125 cm³/mol. The molecule has 1 aliphatic heterocycles. The van der Waals surface area contributed by atoms with E-state index < -0.39 is 10.0 Å². The zero-order chi connectivity index (χ0) is 23.8. The number of amides is 1. The maximum Gasteiger partial charge on any atom is 0.242 e. The van der Waals surface area contributed by atoms with Gasteiger partial charge in [0.05, 0.1) is 15.9 Å². The second kappa shape index (κ2) is 9.23. The minimum Gasteiger partial charge on any atom is -0.339 e. The van der Waals surface area contributed by atoms with Crippen LogP contribution in [0.2, 0.25) is 0 Å². The number of likely N-dealkylation sites (tertiary alicyclic amines) is 1. The standard InChI is InChI=1S/C24H29FN4O3S/c1-27(2)33(31,32)20-9-10-22-21(16-20)26-23(28(22)3)11-12-24(30)29-13-5-8-19(29)15-17-6-4-7-18(25)14-17/h4,6-7,9-10,14,16,19H,5,8,11-13,15H2,1-3H3. The van der Waals surface area contributed by atoms with Crippen LogP contribution in [0.1, 0.15) is 30.7 Å². The third-order valence-electron chi connectivity index (χ3n) is 6.34. The van der Waals surface area contributed by atoms with Crippen LogP contribution in [0.15, 0.2) is 47.4 Å². The highest BCUT2D eigenvalue weighted by molar-refractivity contribution is 7.89. The van der Waals surface area contributed by atoms with E-state index in [9.17, 15) is 17.6 Å². The number of nitrogens with zero attached hydrogens (tertiary/aromatic N) is 4. The van der Waals surface area contributed by atoms with Gasteiger partial charge in [-0.3, -0.25) is 4.79 Å². The summed E-state index contributed by atoms with van der Waals surface area (Å²) in [5, 5.41) is 0. The summed E-state index contributed by atoms with van der Waals surface area (Å²) >= 11 is 0. The number of aryl methyl sites for hydroxylation is 2. The molecule has 1 unspecified atom stereocenters. The Morgan fingerprint density at radius 3 is 2.73 bits per heavy atom. The summed E-state index contributed by atoms with van der Waals surface area (Å²) in [6, 6.07) is 11.5. The summed E-state index contributed by atoms with van der Waals surface area (Å²) in [7, 11) is 1.32. The van der Waals surface area contributed by atoms with Gasteiger partial charge < -0.3 is 9.47 Å². The van der Waals surface area contributed by atoms with Gasteiger partial charge in [0.25, 0.3) is 0 Å². The van der Waals surface area contributed by atoms with Crippen LogP contribution in [0.3, 0.4) is 0 Å². The molecule has 0 spiro atoms. The normalized spacial score (nSPS) is 16.8. The maximum absolute atomic E-state index is 13.5. The number of fused-ring (bicyclic) bond motifs is 1. The average Bonchev–Trinajstić information content (AvgIpc) is 3.36. The minimum atomic E-state index is -3.54. The van der Waals surface area contributed by atoms with Gasteiger partial charge in [0.2, 0.25) is 15.9 Å². The molecule has 1 aliphatic rings. The lowest BCUT2D eigenvalue weighted by Crippen LogP contribution is -2.37. The topological polar surface area (TPSA) is 75.5 Å². The SMILES string of the molecule is CN(C)S(=O)(=O)c1ccc2c(c1)nc(CCC(=O)N1CCCC1Cc1cccc(F)c1)n2C. The van der Waals surface area contributed by atoms with Crippen molar-refractivity contribution in [2.45, 2.75) is 43.0 Å². The second-order valence-corrected chi connectivity index (χ2v) is 10.9. The molecule has 0 saturated carbocycles. The Balaban J connectivity index is 1.46. The van der Waals surface area contributed by atoms with Crippen LogP contribution in [0.25, 0.3) is 11.0 Å². The molecule has 1 fully saturated rings. The molecule has 2 aromatic carbocycles. The first-order chi connectivity index (χ1) is 15.7. The number of carbonyl (C=O) groups excluding carboxylic acids is 1. The summed E-state index contributed by atoms with van der Waals surface area (Å²) in [6.45, 7) is 0.715. The number of benzene rings is 2. The highest BCUT2D eigenvalue weighted by atomic mass is 32.2. The molecule has 4 rings (SSSR count). The summed E-state index contributed by atoms with van der Waals surface area (Å²) < 4.78 is 41.5. The van der Waals surface area contributed by atoms with E-state index in [0.29, 0.717) is 31.3 Å². The summed E-state index contributed by atoms with van der Waals surface area (Å²) in [5.74, 6) is 0.544. The minimum absolute atomic E-state index is 0.0665. The number of halogens is 1. The number of hydrogen-bond acceptors (Lipinski definition) is 4. The van der Waals surface area contributed by atoms with Crippen LogP contribution in [-0.4, -0.2) is 59.8 Å². The monoisotopic (exact) mass is 472 g/mol. The van der Waals surface area contributed by atoms with E-state index in [2.05, 4.69) is 4.98 Å². The molecule has 0 radical (unpaired) electrons. The number of imidazole rings is 1. The lowest BCUT2D eigenvalue weighted by Gasteiger charge is -2.25. The Kier molecular flexibility index (Phi) is 6.54. The fraction of sp³-hybridized carbons (Fsp3) is 0.417. The molecular formula is C24H29FN4O3S. The Hall–Kier alpha value is -2.78. The van der Waals surface area contributed by atoms with Crippen molar-refractivity contribution in [2.24, 2.45) is 7.05 Å². The lowest BCUT2D eigenvalue weighted by molar-refractivity contribution is -0.132. The van der Waals surface area contributed by atoms with Gasteiger partial charge in [0, 0.05) is 46.6 Å². The Bertz CT molecular complexity index is 1290. The fourth-order valence-electron chi connectivity index (χ4n) is 4.50. The lowest BCUT2D eigenvalue weighted by atomic mass is 10.0. The molecule has 2 heterocycles. The molecule has 176 valence electrons. The van der Waals surface area contributed by atoms with Gasteiger partial charge in [-0.2, -0.15) is 0 Å². The van der Waals surface area contributed by atoms with Crippen LogP contribution >= 0.6 is 0 Å². The third-order valence-corrected chi connectivity index (χ3v) is 8.15. The molecule has 3 aromatic rings. The fourth-order valence-corrected chi connectivity index (χ4v) is 5.42. The first kappa shape index (κ1) is 23.4. The smallest absolute Gasteiger partial charge is 0.242 e. The number of aromatic nitrogens is 2. The second-order valence-electron chi connectivity index (χ2n) is 8.74. The number of sulfonamides is 1. The molecule has 33 heavy (non-hydrogen) atoms. The van der Waals surface area contributed by atoms with Crippen molar-refractivity contribution in [3.05, 3.63) is 59.7 Å². The maximum atomic E-state index is 13.5. The highest BCUT2D eigenvalue weighted by Crippen LogP contribution is 2.24. The molecule has 0 N–H and O–H groups in total. The summed E-state index contributed by atoms with van der Waals surface area (Å²) in [5.41, 5.74) is 2.31. The molecule has 1 atom stereocenters. The van der Waals surface area contributed by atoms with Crippen LogP contribution in [-0.2, 0) is 34.7 Å². The largest absolute Gasteiger partial charge is 0.339 e. The van der Waals surface area contributed by atoms with Gasteiger partial charge >= 0.3 is 0 Å². The van der Waals surface area contributed by atoms with E-state index >= 15 is 0 Å². The molecule has 0 aliphatic carbocycles. The average molecular weight is 473 g/mol. The van der Waals surface area contributed by atoms with Gasteiger partial charge in [-0.1, -0.05) is 12.1 Å². The molecule has 9 heteroatoms. The van der Waals surface area contributed by atoms with Crippen molar-refractivity contribution in [1.29, 1.82) is 0 Å². The Morgan fingerprint density at radius 2 is 2.00 bits per heavy atom. The first-order valence-electron chi connectivity index (χ1n) is 11.1. The van der Waals surface area contributed by atoms with Crippen LogP contribution in [0.4, 0.5) is 4.39 Å². The van der Waals surface area contributed by atoms with E-state index in [1.54, 1.807) is 24.3 Å². The van der Waals surface area contributed by atoms with Crippen LogP contribution in [0, 0.1) is 5.82 Å². The van der Waals surface area contributed by atoms with Crippen LogP contribution < -0.4 is 0 Å². The van der Waals surface area contributed by atoms with Crippen molar-refractivity contribution in [2.75, 3.05) is 20.6 Å². The summed E-state index contributed by atoms with van der Waals surface area (Å²) in [4.78, 5) is 19.7. The van der Waals surface area contributed by atoms with Crippen molar-refractivity contribution in [3.63, 3.8) is 0 Å². The van der Waals surface area contributed by atoms with Gasteiger partial charge in [0.1, 0.15) is 11.6 Å². The molecule has 1 saturated heterocycles. The van der Waals surface area contributed by atoms with E-state index in [1.807, 2.05) is 22.6 Å². The third kappa shape index (κ3) is 4.79. The van der Waals surface area contributed by atoms with Crippen LogP contribution in [0.5, 0.6) is 0 Å². The number of rotatable bonds is 7. The summed E-state index contributed by atoms with van der Waals surface area (Å²) in [6.07, 6.45) is 3.29. The quantitative estimate of drug-likeness (QED) is 0.530. The van der Waals surface area contributed by atoms with E-state index in [0.717, 1.165) is 29.7 Å². The van der Waals surface area contributed by atoms with E-state index in [1.165, 1.54) is 30.5 Å². The zero-order valence-corrected chi connectivity index (χ0v) is 20.0. The number of carbonyl (C=O) groups is 1. The Labute approximate surface area is 193 Å².